The molecule has 1 atom stereocenters. The van der Waals surface area contributed by atoms with Crippen molar-refractivity contribution in [1.29, 1.82) is 0 Å². The maximum absolute atomic E-state index is 12.1. The predicted octanol–water partition coefficient (Wildman–Crippen LogP) is 1.90. The largest absolute Gasteiger partial charge is 0.497 e. The van der Waals surface area contributed by atoms with Crippen molar-refractivity contribution in [3.63, 3.8) is 0 Å². The van der Waals surface area contributed by atoms with Crippen LogP contribution in [0.3, 0.4) is 0 Å². The zero-order valence-corrected chi connectivity index (χ0v) is 15.9. The van der Waals surface area contributed by atoms with Crippen molar-refractivity contribution in [3.05, 3.63) is 23.8 Å². The van der Waals surface area contributed by atoms with Crippen LogP contribution in [0.15, 0.2) is 18.2 Å². The molecule has 1 amide bonds. The van der Waals surface area contributed by atoms with E-state index in [0.29, 0.717) is 13.0 Å². The van der Waals surface area contributed by atoms with Crippen molar-refractivity contribution in [2.75, 3.05) is 47.0 Å². The summed E-state index contributed by atoms with van der Waals surface area (Å²) in [6.07, 6.45) is 3.84. The number of carbonyl (C=O) groups excluding carboxylic acids is 1. The zero-order chi connectivity index (χ0) is 18.6. The zero-order valence-electron chi connectivity index (χ0n) is 15.9. The van der Waals surface area contributed by atoms with Gasteiger partial charge in [-0.3, -0.25) is 9.69 Å². The van der Waals surface area contributed by atoms with Crippen molar-refractivity contribution in [2.45, 2.75) is 32.2 Å². The maximum atomic E-state index is 12.1. The standard InChI is InChI=1S/C20H30N2O4/c1-25-17-5-4-16(18(12-17)26-2)13-21-9-3-7-20(14-21)8-6-19(24)22(15-20)10-11-23/h4-5,12,23H,3,6-11,13-15H2,1-2H3. The number of hydrogen-bond acceptors (Lipinski definition) is 5. The minimum Gasteiger partial charge on any atom is -0.497 e. The third kappa shape index (κ3) is 4.13. The summed E-state index contributed by atoms with van der Waals surface area (Å²) in [6.45, 7) is 4.13. The minimum atomic E-state index is 0.0363. The van der Waals surface area contributed by atoms with Gasteiger partial charge in [-0.2, -0.15) is 0 Å². The molecular weight excluding hydrogens is 332 g/mol. The summed E-state index contributed by atoms with van der Waals surface area (Å²) in [7, 11) is 3.35. The topological polar surface area (TPSA) is 62.2 Å². The second kappa shape index (κ2) is 8.27. The molecule has 2 aliphatic heterocycles. The molecule has 0 saturated carbocycles. The second-order valence-electron chi connectivity index (χ2n) is 7.53. The number of benzene rings is 1. The van der Waals surface area contributed by atoms with E-state index in [0.717, 1.165) is 62.5 Å². The van der Waals surface area contributed by atoms with Gasteiger partial charge in [-0.05, 0) is 31.9 Å². The number of amides is 1. The number of methoxy groups -OCH3 is 2. The van der Waals surface area contributed by atoms with Crippen molar-refractivity contribution < 1.29 is 19.4 Å². The molecule has 6 nitrogen and oxygen atoms in total. The Hall–Kier alpha value is -1.79. The lowest BCUT2D eigenvalue weighted by Crippen LogP contribution is -2.54. The van der Waals surface area contributed by atoms with Crippen LogP contribution in [0.5, 0.6) is 11.5 Å². The highest BCUT2D eigenvalue weighted by molar-refractivity contribution is 5.77. The lowest BCUT2D eigenvalue weighted by Gasteiger charge is -2.48. The molecule has 1 unspecified atom stereocenters. The monoisotopic (exact) mass is 362 g/mol. The molecule has 0 bridgehead atoms. The highest BCUT2D eigenvalue weighted by atomic mass is 16.5. The van der Waals surface area contributed by atoms with E-state index in [-0.39, 0.29) is 17.9 Å². The summed E-state index contributed by atoms with van der Waals surface area (Å²) in [5.41, 5.74) is 1.31. The first kappa shape index (κ1) is 19.0. The normalized spacial score (nSPS) is 24.1. The summed E-state index contributed by atoms with van der Waals surface area (Å²) in [6, 6.07) is 5.97. The summed E-state index contributed by atoms with van der Waals surface area (Å²) in [5.74, 6) is 1.83. The lowest BCUT2D eigenvalue weighted by atomic mass is 9.73. The number of nitrogens with zero attached hydrogens (tertiary/aromatic N) is 2. The number of aliphatic hydroxyl groups excluding tert-OH is 1. The summed E-state index contributed by atoms with van der Waals surface area (Å²) >= 11 is 0. The summed E-state index contributed by atoms with van der Waals surface area (Å²) in [4.78, 5) is 16.4. The minimum absolute atomic E-state index is 0.0363. The Morgan fingerprint density at radius 2 is 2.04 bits per heavy atom. The Morgan fingerprint density at radius 3 is 2.77 bits per heavy atom. The molecule has 1 N–H and O–H groups in total. The van der Waals surface area contributed by atoms with E-state index in [1.54, 1.807) is 14.2 Å². The van der Waals surface area contributed by atoms with E-state index in [9.17, 15) is 9.90 Å². The van der Waals surface area contributed by atoms with Crippen LogP contribution in [-0.2, 0) is 11.3 Å². The first-order valence-electron chi connectivity index (χ1n) is 9.41. The number of piperidine rings is 2. The molecule has 26 heavy (non-hydrogen) atoms. The van der Waals surface area contributed by atoms with E-state index in [2.05, 4.69) is 11.0 Å². The van der Waals surface area contributed by atoms with Gasteiger partial charge in [0.25, 0.3) is 0 Å². The Bertz CT molecular complexity index is 636. The van der Waals surface area contributed by atoms with Gasteiger partial charge in [0.2, 0.25) is 5.91 Å². The fourth-order valence-electron chi connectivity index (χ4n) is 4.43. The van der Waals surface area contributed by atoms with Crippen LogP contribution in [-0.4, -0.2) is 67.8 Å². The van der Waals surface area contributed by atoms with E-state index in [1.807, 2.05) is 17.0 Å². The smallest absolute Gasteiger partial charge is 0.222 e. The third-order valence-corrected chi connectivity index (χ3v) is 5.75. The van der Waals surface area contributed by atoms with Crippen molar-refractivity contribution in [2.24, 2.45) is 5.41 Å². The van der Waals surface area contributed by atoms with Crippen LogP contribution < -0.4 is 9.47 Å². The highest BCUT2D eigenvalue weighted by Gasteiger charge is 2.41. The number of β-amino-alcohol motifs (C(OH)–C–C–N with tert-alkyl or cyclic N) is 1. The third-order valence-electron chi connectivity index (χ3n) is 5.75. The molecule has 1 spiro atoms. The molecule has 6 heteroatoms. The van der Waals surface area contributed by atoms with Crippen molar-refractivity contribution in [1.82, 2.24) is 9.80 Å². The van der Waals surface area contributed by atoms with Crippen LogP contribution >= 0.6 is 0 Å². The highest BCUT2D eigenvalue weighted by Crippen LogP contribution is 2.39. The molecule has 0 aromatic heterocycles. The molecule has 144 valence electrons. The molecule has 1 aromatic carbocycles. The van der Waals surface area contributed by atoms with Gasteiger partial charge >= 0.3 is 0 Å². The van der Waals surface area contributed by atoms with Crippen molar-refractivity contribution >= 4 is 5.91 Å². The Morgan fingerprint density at radius 1 is 1.19 bits per heavy atom. The second-order valence-corrected chi connectivity index (χ2v) is 7.53. The van der Waals surface area contributed by atoms with Gasteiger partial charge in [0.05, 0.1) is 20.8 Å². The molecule has 1 aromatic rings. The Balaban J connectivity index is 1.70. The predicted molar refractivity (Wildman–Crippen MR) is 99.4 cm³/mol. The number of carbonyl (C=O) groups is 1. The molecule has 2 fully saturated rings. The first-order valence-corrected chi connectivity index (χ1v) is 9.41. The van der Waals surface area contributed by atoms with Crippen molar-refractivity contribution in [3.8, 4) is 11.5 Å². The fraction of sp³-hybridized carbons (Fsp3) is 0.650. The number of hydrogen-bond donors (Lipinski definition) is 1. The number of likely N-dealkylation sites (tertiary alicyclic amines) is 2. The van der Waals surface area contributed by atoms with Crippen LogP contribution in [0.1, 0.15) is 31.2 Å². The van der Waals surface area contributed by atoms with Gasteiger partial charge in [-0.1, -0.05) is 6.07 Å². The Labute approximate surface area is 155 Å². The first-order chi connectivity index (χ1) is 12.6. The number of rotatable bonds is 6. The average Bonchev–Trinajstić information content (AvgIpc) is 2.66. The van der Waals surface area contributed by atoms with Crippen LogP contribution in [0.4, 0.5) is 0 Å². The van der Waals surface area contributed by atoms with Gasteiger partial charge in [-0.25, -0.2) is 0 Å². The van der Waals surface area contributed by atoms with Crippen LogP contribution in [0.25, 0.3) is 0 Å². The fourth-order valence-corrected chi connectivity index (χ4v) is 4.43. The SMILES string of the molecule is COc1ccc(CN2CCCC3(CCC(=O)N(CCO)C3)C2)c(OC)c1. The summed E-state index contributed by atoms with van der Waals surface area (Å²) < 4.78 is 10.8. The van der Waals surface area contributed by atoms with Crippen LogP contribution in [0, 0.1) is 5.41 Å². The quantitative estimate of drug-likeness (QED) is 0.837. The van der Waals surface area contributed by atoms with Gasteiger partial charge in [-0.15, -0.1) is 0 Å². The van der Waals surface area contributed by atoms with Gasteiger partial charge < -0.3 is 19.5 Å². The van der Waals surface area contributed by atoms with Gasteiger partial charge in [0.15, 0.2) is 0 Å². The molecule has 2 heterocycles. The van der Waals surface area contributed by atoms with E-state index < -0.39 is 0 Å². The van der Waals surface area contributed by atoms with E-state index >= 15 is 0 Å². The maximum Gasteiger partial charge on any atom is 0.222 e. The van der Waals surface area contributed by atoms with Crippen LogP contribution in [0.2, 0.25) is 0 Å². The molecule has 3 rings (SSSR count). The van der Waals surface area contributed by atoms with E-state index in [1.165, 1.54) is 0 Å². The lowest BCUT2D eigenvalue weighted by molar-refractivity contribution is -0.140. The number of ether oxygens (including phenoxy) is 2. The van der Waals surface area contributed by atoms with E-state index in [4.69, 9.17) is 9.47 Å². The van der Waals surface area contributed by atoms with Gasteiger partial charge in [0, 0.05) is 49.6 Å². The molecule has 2 aliphatic rings. The average molecular weight is 362 g/mol. The molecule has 0 radical (unpaired) electrons. The molecule has 2 saturated heterocycles. The molecular formula is C20H30N2O4. The van der Waals surface area contributed by atoms with Gasteiger partial charge in [0.1, 0.15) is 11.5 Å². The number of aliphatic hydroxyl groups is 1. The molecule has 0 aliphatic carbocycles. The Kier molecular flexibility index (Phi) is 6.04. The summed E-state index contributed by atoms with van der Waals surface area (Å²) in [5, 5.41) is 9.24.